The summed E-state index contributed by atoms with van der Waals surface area (Å²) in [5, 5.41) is 3.55. The lowest BCUT2D eigenvalue weighted by atomic mass is 10.1. The third-order valence-electron chi connectivity index (χ3n) is 6.73. The summed E-state index contributed by atoms with van der Waals surface area (Å²) in [7, 11) is 0. The molecule has 0 aliphatic carbocycles. The molecule has 0 bridgehead atoms. The second-order valence-electron chi connectivity index (χ2n) is 9.11. The van der Waals surface area contributed by atoms with Crippen LogP contribution in [0.3, 0.4) is 0 Å². The minimum atomic E-state index is 0.808. The van der Waals surface area contributed by atoms with Gasteiger partial charge in [-0.15, -0.1) is 4.68 Å². The molecule has 0 saturated heterocycles. The Morgan fingerprint density at radius 1 is 0.474 bits per heavy atom. The van der Waals surface area contributed by atoms with Crippen LogP contribution in [-0.2, 0) is 0 Å². The summed E-state index contributed by atoms with van der Waals surface area (Å²) in [5.41, 5.74) is 6.39. The lowest BCUT2D eigenvalue weighted by Gasteiger charge is -2.05. The molecule has 0 aliphatic heterocycles. The van der Waals surface area contributed by atoms with Crippen LogP contribution in [0.2, 0.25) is 0 Å². The van der Waals surface area contributed by atoms with E-state index in [1.54, 1.807) is 0 Å². The van der Waals surface area contributed by atoms with E-state index in [9.17, 15) is 0 Å². The molecule has 0 aliphatic rings. The molecule has 6 nitrogen and oxygen atoms in total. The number of rotatable bonds is 6. The molecule has 6 heteroatoms. The first-order valence-corrected chi connectivity index (χ1v) is 12.6. The fraction of sp³-hybridized carbons (Fsp3) is 0. The van der Waals surface area contributed by atoms with E-state index in [2.05, 4.69) is 96.3 Å². The first kappa shape index (κ1) is 21.9. The quantitative estimate of drug-likeness (QED) is 0.268. The van der Waals surface area contributed by atoms with E-state index in [1.807, 2.05) is 73.6 Å². The molecule has 0 unspecified atom stereocenters. The fourth-order valence-corrected chi connectivity index (χ4v) is 4.72. The molecule has 0 spiro atoms. The Balaban J connectivity index is 1.29. The van der Waals surface area contributed by atoms with Crippen molar-refractivity contribution in [2.75, 3.05) is 0 Å². The summed E-state index contributed by atoms with van der Waals surface area (Å²) in [6.45, 7) is 0. The van der Waals surface area contributed by atoms with Crippen LogP contribution in [0.5, 0.6) is 0 Å². The van der Waals surface area contributed by atoms with Crippen LogP contribution in [0.4, 0.5) is 0 Å². The van der Waals surface area contributed by atoms with Crippen molar-refractivity contribution in [3.05, 3.63) is 146 Å². The Morgan fingerprint density at radius 2 is 0.868 bits per heavy atom. The van der Waals surface area contributed by atoms with Crippen molar-refractivity contribution in [1.82, 2.24) is 23.8 Å². The lowest BCUT2D eigenvalue weighted by Crippen LogP contribution is -2.35. The molecule has 1 N–H and O–H groups in total. The Morgan fingerprint density at radius 3 is 1.32 bits per heavy atom. The first-order valence-electron chi connectivity index (χ1n) is 12.6. The summed E-state index contributed by atoms with van der Waals surface area (Å²) in [5.74, 6) is 1.66. The maximum atomic E-state index is 5.07. The van der Waals surface area contributed by atoms with Crippen LogP contribution in [0, 0.1) is 0 Å². The Hall–Kier alpha value is -5.36. The topological polar surface area (TPSA) is 47.3 Å². The van der Waals surface area contributed by atoms with E-state index < -0.39 is 0 Å². The smallest absolute Gasteiger partial charge is 0.324 e. The number of nitrogens with zero attached hydrogens (tertiary/aromatic N) is 5. The number of aromatic amines is 1. The highest BCUT2D eigenvalue weighted by Crippen LogP contribution is 2.23. The van der Waals surface area contributed by atoms with E-state index in [4.69, 9.17) is 4.98 Å². The first-order chi connectivity index (χ1) is 18.8. The molecule has 0 atom stereocenters. The summed E-state index contributed by atoms with van der Waals surface area (Å²) in [4.78, 5) is 5.07. The van der Waals surface area contributed by atoms with Crippen molar-refractivity contribution < 1.29 is 4.68 Å². The average molecular weight is 494 g/mol. The van der Waals surface area contributed by atoms with E-state index in [1.165, 1.54) is 0 Å². The molecule has 7 aromatic rings. The molecule has 0 radical (unpaired) electrons. The fourth-order valence-electron chi connectivity index (χ4n) is 4.72. The zero-order valence-electron chi connectivity index (χ0n) is 20.6. The van der Waals surface area contributed by atoms with Crippen molar-refractivity contribution >= 4 is 0 Å². The monoisotopic (exact) mass is 493 g/mol. The largest absolute Gasteiger partial charge is 0.356 e. The minimum Gasteiger partial charge on any atom is -0.324 e. The predicted octanol–water partition coefficient (Wildman–Crippen LogP) is 6.39. The van der Waals surface area contributed by atoms with Gasteiger partial charge in [0.25, 0.3) is 5.82 Å². The molecule has 182 valence electrons. The van der Waals surface area contributed by atoms with Crippen LogP contribution < -0.4 is 4.68 Å². The van der Waals surface area contributed by atoms with Gasteiger partial charge in [0.2, 0.25) is 0 Å². The highest BCUT2D eigenvalue weighted by Gasteiger charge is 2.24. The van der Waals surface area contributed by atoms with Gasteiger partial charge in [-0.3, -0.25) is 0 Å². The second-order valence-corrected chi connectivity index (χ2v) is 9.11. The molecule has 4 aromatic heterocycles. The minimum absolute atomic E-state index is 0.808. The van der Waals surface area contributed by atoms with Crippen LogP contribution in [0.25, 0.3) is 45.5 Å². The molecule has 0 saturated carbocycles. The molecule has 4 heterocycles. The van der Waals surface area contributed by atoms with Crippen molar-refractivity contribution in [3.63, 3.8) is 0 Å². The number of nitrogens with one attached hydrogen (secondary N) is 1. The lowest BCUT2D eigenvalue weighted by molar-refractivity contribution is -0.644. The van der Waals surface area contributed by atoms with Gasteiger partial charge in [-0.05, 0) is 114 Å². The number of aromatic nitrogens is 6. The average Bonchev–Trinajstić information content (AvgIpc) is 3.80. The summed E-state index contributed by atoms with van der Waals surface area (Å²) in [6, 6.07) is 37.5. The standard InChI is InChI=1S/C32H24N6/c1-2-20-35(19-1)27-11-7-25(8-12-27)31-33-32(26-9-13-28(14-10-26)36-21-3-4-22-36)38(34-31)30-17-15-29(16-18-30)37-23-5-6-24-37/h1-24H/p+1. The molecule has 0 amide bonds. The van der Waals surface area contributed by atoms with E-state index in [-0.39, 0.29) is 0 Å². The zero-order chi connectivity index (χ0) is 25.3. The number of hydrogen-bond donors (Lipinski definition) is 1. The van der Waals surface area contributed by atoms with Crippen molar-refractivity contribution in [2.45, 2.75) is 0 Å². The SMILES string of the molecule is c1ccn(-c2ccc(-c3nc(-c4ccc(-n5cccc5)cc4)[n+](-c4ccc(-n5cccc5)cc4)[nH]3)cc2)c1. The van der Waals surface area contributed by atoms with Gasteiger partial charge in [-0.25, -0.2) is 0 Å². The van der Waals surface area contributed by atoms with Crippen LogP contribution >= 0.6 is 0 Å². The highest BCUT2D eigenvalue weighted by molar-refractivity contribution is 5.62. The van der Waals surface area contributed by atoms with Gasteiger partial charge >= 0.3 is 5.82 Å². The van der Waals surface area contributed by atoms with E-state index >= 15 is 0 Å². The van der Waals surface area contributed by atoms with Gasteiger partial charge in [-0.2, -0.15) is 5.10 Å². The maximum absolute atomic E-state index is 5.07. The molecule has 3 aromatic carbocycles. The van der Waals surface area contributed by atoms with E-state index in [0.717, 1.165) is 45.5 Å². The van der Waals surface area contributed by atoms with Crippen molar-refractivity contribution in [1.29, 1.82) is 0 Å². The summed E-state index contributed by atoms with van der Waals surface area (Å²) < 4.78 is 8.34. The molecular formula is C32H25N6+. The van der Waals surface area contributed by atoms with Crippen LogP contribution in [-0.4, -0.2) is 23.8 Å². The molecule has 7 rings (SSSR count). The third-order valence-corrected chi connectivity index (χ3v) is 6.73. The Bertz CT molecular complexity index is 1660. The highest BCUT2D eigenvalue weighted by atomic mass is 15.4. The van der Waals surface area contributed by atoms with Gasteiger partial charge in [0.05, 0.1) is 5.56 Å². The maximum Gasteiger partial charge on any atom is 0.356 e. The van der Waals surface area contributed by atoms with Gasteiger partial charge in [0.1, 0.15) is 0 Å². The van der Waals surface area contributed by atoms with Gasteiger partial charge in [-0.1, -0.05) is 0 Å². The van der Waals surface area contributed by atoms with Crippen molar-refractivity contribution in [3.8, 4) is 45.5 Å². The molecular weight excluding hydrogens is 468 g/mol. The zero-order valence-corrected chi connectivity index (χ0v) is 20.6. The van der Waals surface area contributed by atoms with Gasteiger partial charge in [0, 0.05) is 59.8 Å². The van der Waals surface area contributed by atoms with Crippen molar-refractivity contribution in [2.24, 2.45) is 0 Å². The van der Waals surface area contributed by atoms with Crippen LogP contribution in [0.15, 0.2) is 146 Å². The second kappa shape index (κ2) is 9.26. The Kier molecular flexibility index (Phi) is 5.33. The Labute approximate surface area is 220 Å². The third kappa shape index (κ3) is 4.04. The summed E-state index contributed by atoms with van der Waals surface area (Å²) >= 11 is 0. The number of H-pyrrole nitrogens is 1. The molecule has 38 heavy (non-hydrogen) atoms. The summed E-state index contributed by atoms with van der Waals surface area (Å²) in [6.07, 6.45) is 12.3. The number of benzene rings is 3. The normalized spacial score (nSPS) is 11.2. The van der Waals surface area contributed by atoms with Gasteiger partial charge < -0.3 is 13.7 Å². The van der Waals surface area contributed by atoms with E-state index in [0.29, 0.717) is 0 Å². The molecule has 0 fully saturated rings. The van der Waals surface area contributed by atoms with Gasteiger partial charge in [0.15, 0.2) is 5.69 Å². The van der Waals surface area contributed by atoms with Crippen LogP contribution in [0.1, 0.15) is 0 Å². The predicted molar refractivity (Wildman–Crippen MR) is 149 cm³/mol. The number of hydrogen-bond acceptors (Lipinski definition) is 1.